The van der Waals surface area contributed by atoms with Crippen molar-refractivity contribution in [2.24, 2.45) is 5.73 Å². The standard InChI is InChI=1S/C27H29N3O5/c28-26(33)25(24(20-12-6-2-7-13-20)21-14-8-3-9-15-21)30-23(32)16-22(31)17-29-27(34)35-18-19-10-4-1-5-11-19/h1-15,22,24-25,31H,16-18H2,(H2,28,33)(H,29,34)(H,30,32)/t22-,25+/m0/s1. The quantitative estimate of drug-likeness (QED) is 0.338. The highest BCUT2D eigenvalue weighted by atomic mass is 16.5. The molecule has 0 aliphatic carbocycles. The van der Waals surface area contributed by atoms with Gasteiger partial charge in [-0.1, -0.05) is 91.0 Å². The first-order chi connectivity index (χ1) is 16.9. The van der Waals surface area contributed by atoms with E-state index in [0.717, 1.165) is 16.7 Å². The van der Waals surface area contributed by atoms with Crippen molar-refractivity contribution in [3.05, 3.63) is 108 Å². The Kier molecular flexibility index (Phi) is 9.39. The molecule has 0 heterocycles. The normalized spacial score (nSPS) is 12.4. The van der Waals surface area contributed by atoms with Gasteiger partial charge in [0.15, 0.2) is 0 Å². The summed E-state index contributed by atoms with van der Waals surface area (Å²) in [5.74, 6) is -1.78. The number of primary amides is 1. The lowest BCUT2D eigenvalue weighted by Crippen LogP contribution is -2.49. The molecule has 0 saturated heterocycles. The number of nitrogens with one attached hydrogen (secondary N) is 2. The van der Waals surface area contributed by atoms with Gasteiger partial charge in [-0.05, 0) is 16.7 Å². The average molecular weight is 476 g/mol. The molecule has 0 aliphatic heterocycles. The summed E-state index contributed by atoms with van der Waals surface area (Å²) >= 11 is 0. The summed E-state index contributed by atoms with van der Waals surface area (Å²) in [7, 11) is 0. The fourth-order valence-corrected chi connectivity index (χ4v) is 3.71. The summed E-state index contributed by atoms with van der Waals surface area (Å²) < 4.78 is 5.09. The second-order valence-corrected chi connectivity index (χ2v) is 8.05. The highest BCUT2D eigenvalue weighted by molar-refractivity contribution is 5.88. The second-order valence-electron chi connectivity index (χ2n) is 8.05. The molecule has 0 radical (unpaired) electrons. The zero-order valence-electron chi connectivity index (χ0n) is 19.2. The van der Waals surface area contributed by atoms with Crippen LogP contribution in [0.1, 0.15) is 29.0 Å². The van der Waals surface area contributed by atoms with Crippen LogP contribution in [-0.4, -0.2) is 41.7 Å². The molecular weight excluding hydrogens is 446 g/mol. The Morgan fingerprint density at radius 3 is 1.86 bits per heavy atom. The Hall–Kier alpha value is -4.17. The maximum absolute atomic E-state index is 12.7. The predicted octanol–water partition coefficient (Wildman–Crippen LogP) is 2.47. The summed E-state index contributed by atoms with van der Waals surface area (Å²) in [4.78, 5) is 36.9. The van der Waals surface area contributed by atoms with Crippen molar-refractivity contribution in [3.63, 3.8) is 0 Å². The first-order valence-corrected chi connectivity index (χ1v) is 11.2. The zero-order chi connectivity index (χ0) is 25.0. The van der Waals surface area contributed by atoms with Crippen LogP contribution in [0.5, 0.6) is 0 Å². The molecule has 0 aromatic heterocycles. The van der Waals surface area contributed by atoms with Crippen molar-refractivity contribution in [1.82, 2.24) is 10.6 Å². The Bertz CT molecular complexity index is 1050. The van der Waals surface area contributed by atoms with E-state index in [-0.39, 0.29) is 19.6 Å². The summed E-state index contributed by atoms with van der Waals surface area (Å²) in [6.07, 6.45) is -2.23. The molecule has 3 rings (SSSR count). The first-order valence-electron chi connectivity index (χ1n) is 11.2. The predicted molar refractivity (Wildman–Crippen MR) is 131 cm³/mol. The highest BCUT2D eigenvalue weighted by Gasteiger charge is 2.31. The maximum Gasteiger partial charge on any atom is 0.407 e. The number of hydrogen-bond donors (Lipinski definition) is 4. The van der Waals surface area contributed by atoms with E-state index in [1.165, 1.54) is 0 Å². The van der Waals surface area contributed by atoms with Gasteiger partial charge in [-0.25, -0.2) is 4.79 Å². The van der Waals surface area contributed by atoms with E-state index < -0.39 is 36.0 Å². The smallest absolute Gasteiger partial charge is 0.407 e. The van der Waals surface area contributed by atoms with Crippen molar-refractivity contribution < 1.29 is 24.2 Å². The number of aliphatic hydroxyl groups excluding tert-OH is 1. The molecule has 0 spiro atoms. The third-order valence-electron chi connectivity index (χ3n) is 5.39. The lowest BCUT2D eigenvalue weighted by Gasteiger charge is -2.27. The lowest BCUT2D eigenvalue weighted by molar-refractivity contribution is -0.128. The van der Waals surface area contributed by atoms with Gasteiger partial charge in [0.25, 0.3) is 0 Å². The number of ether oxygens (including phenoxy) is 1. The monoisotopic (exact) mass is 475 g/mol. The van der Waals surface area contributed by atoms with Gasteiger partial charge < -0.3 is 26.2 Å². The molecule has 0 bridgehead atoms. The molecule has 3 aromatic carbocycles. The Morgan fingerprint density at radius 1 is 0.829 bits per heavy atom. The van der Waals surface area contributed by atoms with Crippen molar-refractivity contribution in [3.8, 4) is 0 Å². The van der Waals surface area contributed by atoms with Crippen molar-refractivity contribution in [2.45, 2.75) is 31.1 Å². The Morgan fingerprint density at radius 2 is 1.34 bits per heavy atom. The van der Waals surface area contributed by atoms with Gasteiger partial charge in [-0.2, -0.15) is 0 Å². The minimum absolute atomic E-state index is 0.0872. The molecule has 2 atom stereocenters. The van der Waals surface area contributed by atoms with E-state index in [0.29, 0.717) is 0 Å². The van der Waals surface area contributed by atoms with E-state index >= 15 is 0 Å². The molecule has 5 N–H and O–H groups in total. The fraction of sp³-hybridized carbons (Fsp3) is 0.222. The number of alkyl carbamates (subject to hydrolysis) is 1. The zero-order valence-corrected chi connectivity index (χ0v) is 19.2. The molecule has 0 aliphatic rings. The van der Waals surface area contributed by atoms with Crippen LogP contribution in [0.2, 0.25) is 0 Å². The number of carbonyl (C=O) groups is 3. The van der Waals surface area contributed by atoms with Gasteiger partial charge >= 0.3 is 6.09 Å². The molecule has 0 unspecified atom stereocenters. The molecule has 3 amide bonds. The summed E-state index contributed by atoms with van der Waals surface area (Å²) in [5.41, 5.74) is 8.13. The molecule has 8 nitrogen and oxygen atoms in total. The fourth-order valence-electron chi connectivity index (χ4n) is 3.71. The molecule has 0 saturated carbocycles. The van der Waals surface area contributed by atoms with E-state index in [9.17, 15) is 19.5 Å². The Balaban J connectivity index is 1.57. The number of amides is 3. The second kappa shape index (κ2) is 12.9. The van der Waals surface area contributed by atoms with Crippen LogP contribution in [-0.2, 0) is 20.9 Å². The number of hydrogen-bond acceptors (Lipinski definition) is 5. The van der Waals surface area contributed by atoms with Crippen LogP contribution in [0, 0.1) is 0 Å². The van der Waals surface area contributed by atoms with Gasteiger partial charge in [0.1, 0.15) is 12.6 Å². The number of nitrogens with two attached hydrogens (primary N) is 1. The van der Waals surface area contributed by atoms with Crippen molar-refractivity contribution in [1.29, 1.82) is 0 Å². The van der Waals surface area contributed by atoms with E-state index in [4.69, 9.17) is 10.5 Å². The van der Waals surface area contributed by atoms with Crippen molar-refractivity contribution in [2.75, 3.05) is 6.54 Å². The topological polar surface area (TPSA) is 131 Å². The minimum atomic E-state index is -1.18. The van der Waals surface area contributed by atoms with E-state index in [1.807, 2.05) is 91.0 Å². The summed E-state index contributed by atoms with van der Waals surface area (Å²) in [6, 6.07) is 26.7. The largest absolute Gasteiger partial charge is 0.445 e. The van der Waals surface area contributed by atoms with Crippen molar-refractivity contribution >= 4 is 17.9 Å². The van der Waals surface area contributed by atoms with Crippen LogP contribution >= 0.6 is 0 Å². The van der Waals surface area contributed by atoms with E-state index in [1.54, 1.807) is 0 Å². The van der Waals surface area contributed by atoms with Gasteiger partial charge in [0, 0.05) is 12.5 Å². The SMILES string of the molecule is NC(=O)[C@H](NC(=O)C[C@H](O)CNC(=O)OCc1ccccc1)C(c1ccccc1)c1ccccc1. The summed E-state index contributed by atoms with van der Waals surface area (Å²) in [5, 5.41) is 15.3. The van der Waals surface area contributed by atoms with Gasteiger partial charge in [-0.15, -0.1) is 0 Å². The molecule has 35 heavy (non-hydrogen) atoms. The minimum Gasteiger partial charge on any atom is -0.445 e. The van der Waals surface area contributed by atoms with Crippen LogP contribution in [0.3, 0.4) is 0 Å². The molecule has 0 fully saturated rings. The third kappa shape index (κ3) is 7.97. The van der Waals surface area contributed by atoms with E-state index in [2.05, 4.69) is 10.6 Å². The number of benzene rings is 3. The lowest BCUT2D eigenvalue weighted by atomic mass is 9.84. The van der Waals surface area contributed by atoms with Crippen LogP contribution < -0.4 is 16.4 Å². The third-order valence-corrected chi connectivity index (χ3v) is 5.39. The maximum atomic E-state index is 12.7. The number of carbonyl (C=O) groups excluding carboxylic acids is 3. The van der Waals surface area contributed by atoms with Gasteiger partial charge in [-0.3, -0.25) is 9.59 Å². The van der Waals surface area contributed by atoms with Crippen LogP contribution in [0.15, 0.2) is 91.0 Å². The molecular formula is C27H29N3O5. The summed E-state index contributed by atoms with van der Waals surface area (Å²) in [6.45, 7) is -0.104. The van der Waals surface area contributed by atoms with Gasteiger partial charge in [0.05, 0.1) is 12.5 Å². The molecule has 182 valence electrons. The van der Waals surface area contributed by atoms with Crippen LogP contribution in [0.25, 0.3) is 0 Å². The number of rotatable bonds is 11. The van der Waals surface area contributed by atoms with Gasteiger partial charge in [0.2, 0.25) is 11.8 Å². The van der Waals surface area contributed by atoms with Crippen LogP contribution in [0.4, 0.5) is 4.79 Å². The number of aliphatic hydroxyl groups is 1. The Labute approximate surface area is 204 Å². The molecule has 3 aromatic rings. The molecule has 8 heteroatoms. The average Bonchev–Trinajstić information content (AvgIpc) is 2.87. The highest BCUT2D eigenvalue weighted by Crippen LogP contribution is 2.28. The first kappa shape index (κ1) is 25.5.